The molecular weight excluding hydrogens is 625 g/mol. The van der Waals surface area contributed by atoms with Gasteiger partial charge in [0.15, 0.2) is 0 Å². The summed E-state index contributed by atoms with van der Waals surface area (Å²) < 4.78 is 9.81. The predicted octanol–water partition coefficient (Wildman–Crippen LogP) is 13.2. The van der Waals surface area contributed by atoms with Crippen LogP contribution in [0, 0.1) is 11.8 Å². The van der Waals surface area contributed by atoms with E-state index in [1.807, 2.05) is 0 Å². The van der Waals surface area contributed by atoms with E-state index in [1.165, 1.54) is 97.8 Å². The van der Waals surface area contributed by atoms with E-state index in [0.717, 1.165) is 40.9 Å². The summed E-state index contributed by atoms with van der Waals surface area (Å²) in [5.74, 6) is 1.47. The summed E-state index contributed by atoms with van der Waals surface area (Å²) in [7, 11) is 0. The van der Waals surface area contributed by atoms with Crippen molar-refractivity contribution in [2.24, 2.45) is 11.8 Å². The number of hydrogen-bond acceptors (Lipinski definition) is 3. The topological polar surface area (TPSA) is 25.8 Å². The summed E-state index contributed by atoms with van der Waals surface area (Å²) in [6, 6.07) is 33.0. The Balaban J connectivity index is 1.13. The van der Waals surface area contributed by atoms with E-state index in [0.29, 0.717) is 5.92 Å². The van der Waals surface area contributed by atoms with Crippen molar-refractivity contribution < 1.29 is 0 Å². The van der Waals surface area contributed by atoms with Crippen LogP contribution >= 0.6 is 11.7 Å². The molecule has 1 heterocycles. The first-order chi connectivity index (χ1) is 24.0. The lowest BCUT2D eigenvalue weighted by Crippen LogP contribution is -2.15. The average Bonchev–Trinajstić information content (AvgIpc) is 3.76. The van der Waals surface area contributed by atoms with Gasteiger partial charge in [0.05, 0.1) is 11.7 Å². The number of benzene rings is 5. The summed E-state index contributed by atoms with van der Waals surface area (Å²) in [5, 5.41) is 0. The van der Waals surface area contributed by atoms with Crippen LogP contribution in [0.15, 0.2) is 84.9 Å². The molecule has 2 nitrogen and oxygen atoms in total. The Morgan fingerprint density at radius 3 is 1.36 bits per heavy atom. The van der Waals surface area contributed by atoms with Crippen LogP contribution in [0.5, 0.6) is 0 Å². The molecule has 0 radical (unpaired) electrons. The molecule has 0 N–H and O–H groups in total. The Kier molecular flexibility index (Phi) is 8.14. The van der Waals surface area contributed by atoms with Gasteiger partial charge in [0, 0.05) is 22.0 Å². The van der Waals surface area contributed by atoms with Crippen molar-refractivity contribution in [3.05, 3.63) is 118 Å². The van der Waals surface area contributed by atoms with E-state index in [9.17, 15) is 0 Å². The molecule has 0 bridgehead atoms. The predicted molar refractivity (Wildman–Crippen MR) is 214 cm³/mol. The third-order valence-electron chi connectivity index (χ3n) is 12.2. The van der Waals surface area contributed by atoms with Crippen molar-refractivity contribution in [3.63, 3.8) is 0 Å². The smallest absolute Gasteiger partial charge is 0.113 e. The van der Waals surface area contributed by atoms with Gasteiger partial charge < -0.3 is 0 Å². The second-order valence-electron chi connectivity index (χ2n) is 16.6. The lowest BCUT2D eigenvalue weighted by atomic mass is 9.80. The molecule has 8 rings (SSSR count). The molecule has 1 atom stereocenters. The third-order valence-corrected chi connectivity index (χ3v) is 12.7. The zero-order valence-electron chi connectivity index (χ0n) is 31.1. The van der Waals surface area contributed by atoms with Crippen LogP contribution < -0.4 is 0 Å². The first kappa shape index (κ1) is 33.1. The van der Waals surface area contributed by atoms with Crippen LogP contribution in [-0.2, 0) is 23.7 Å². The highest BCUT2D eigenvalue weighted by Gasteiger charge is 2.37. The monoisotopic (exact) mass is 674 g/mol. The Morgan fingerprint density at radius 2 is 0.920 bits per heavy atom. The summed E-state index contributed by atoms with van der Waals surface area (Å²) in [6.07, 6.45) is 6.00. The highest BCUT2D eigenvalue weighted by atomic mass is 32.1. The van der Waals surface area contributed by atoms with Gasteiger partial charge in [0.1, 0.15) is 11.0 Å². The number of aryl methyl sites for hydroxylation is 2. The standard InChI is InChI=1S/C47H50N2S/c1-9-29(4)11-13-31-15-19-37-39-21-17-33(27-43(39)47(7,8)41(37)25-31)35-23-22-34(44-45(35)49-50-48-44)32-16-20-38-36-18-14-30(12-10-28(2)3)24-40(36)46(5,6)42(38)26-32/h14-29H,9-13H2,1-8H3. The maximum absolute atomic E-state index is 4.91. The molecule has 0 aliphatic heterocycles. The first-order valence-electron chi connectivity index (χ1n) is 18.8. The fraction of sp³-hybridized carbons (Fsp3) is 0.362. The number of fused-ring (bicyclic) bond motifs is 7. The van der Waals surface area contributed by atoms with Crippen molar-refractivity contribution in [3.8, 4) is 44.5 Å². The van der Waals surface area contributed by atoms with Crippen LogP contribution in [0.4, 0.5) is 0 Å². The molecule has 0 amide bonds. The second-order valence-corrected chi connectivity index (χ2v) is 17.2. The zero-order valence-corrected chi connectivity index (χ0v) is 31.9. The van der Waals surface area contributed by atoms with E-state index >= 15 is 0 Å². The van der Waals surface area contributed by atoms with Gasteiger partial charge in [-0.3, -0.25) is 0 Å². The molecule has 5 aromatic carbocycles. The van der Waals surface area contributed by atoms with Crippen LogP contribution in [0.25, 0.3) is 55.5 Å². The van der Waals surface area contributed by atoms with Crippen molar-refractivity contribution in [1.29, 1.82) is 0 Å². The first-order valence-corrected chi connectivity index (χ1v) is 19.5. The molecule has 3 heteroatoms. The van der Waals surface area contributed by atoms with Crippen molar-refractivity contribution in [2.45, 2.75) is 98.3 Å². The quantitative estimate of drug-likeness (QED) is 0.153. The Hall–Kier alpha value is -4.08. The van der Waals surface area contributed by atoms with Gasteiger partial charge in [0.2, 0.25) is 0 Å². The fourth-order valence-electron chi connectivity index (χ4n) is 8.62. The van der Waals surface area contributed by atoms with E-state index in [4.69, 9.17) is 8.75 Å². The minimum absolute atomic E-state index is 0.0581. The lowest BCUT2D eigenvalue weighted by molar-refractivity contribution is 0.516. The van der Waals surface area contributed by atoms with Crippen LogP contribution in [0.3, 0.4) is 0 Å². The molecule has 1 aromatic heterocycles. The van der Waals surface area contributed by atoms with E-state index in [-0.39, 0.29) is 10.8 Å². The lowest BCUT2D eigenvalue weighted by Gasteiger charge is -2.23. The number of rotatable bonds is 9. The van der Waals surface area contributed by atoms with Crippen LogP contribution in [0.2, 0.25) is 0 Å². The van der Waals surface area contributed by atoms with E-state index < -0.39 is 0 Å². The number of aromatic nitrogens is 2. The second kappa shape index (κ2) is 12.3. The SMILES string of the molecule is CCC(C)CCc1ccc2c(c1)C(C)(C)c1cc(-c3ccc(-c4ccc5c(c4)C(C)(C)c4cc(CCC(C)C)ccc4-5)c4nsnc34)ccc1-2. The molecule has 254 valence electrons. The third kappa shape index (κ3) is 5.35. The molecule has 0 fully saturated rings. The molecule has 0 spiro atoms. The fourth-order valence-corrected chi connectivity index (χ4v) is 9.19. The Morgan fingerprint density at radius 1 is 0.520 bits per heavy atom. The average molecular weight is 675 g/mol. The van der Waals surface area contributed by atoms with Gasteiger partial charge in [0.25, 0.3) is 0 Å². The Bertz CT molecular complexity index is 2270. The zero-order chi connectivity index (χ0) is 34.9. The van der Waals surface area contributed by atoms with Gasteiger partial charge in [-0.15, -0.1) is 0 Å². The minimum Gasteiger partial charge on any atom is -0.172 e. The molecule has 50 heavy (non-hydrogen) atoms. The molecule has 0 saturated carbocycles. The number of nitrogens with zero attached hydrogens (tertiary/aromatic N) is 2. The maximum atomic E-state index is 4.91. The molecule has 1 unspecified atom stereocenters. The van der Waals surface area contributed by atoms with Crippen LogP contribution in [0.1, 0.15) is 108 Å². The molecule has 2 aliphatic rings. The minimum atomic E-state index is -0.0591. The summed E-state index contributed by atoms with van der Waals surface area (Å²) in [4.78, 5) is 0. The molecule has 0 saturated heterocycles. The van der Waals surface area contributed by atoms with Gasteiger partial charge >= 0.3 is 0 Å². The largest absolute Gasteiger partial charge is 0.172 e. The van der Waals surface area contributed by atoms with Crippen LogP contribution in [-0.4, -0.2) is 8.75 Å². The van der Waals surface area contributed by atoms with Crippen molar-refractivity contribution in [1.82, 2.24) is 8.75 Å². The molecular formula is C47H50N2S. The molecule has 2 aliphatic carbocycles. The van der Waals surface area contributed by atoms with Gasteiger partial charge in [-0.1, -0.05) is 135 Å². The highest BCUT2D eigenvalue weighted by molar-refractivity contribution is 7.00. The summed E-state index contributed by atoms with van der Waals surface area (Å²) in [5.41, 5.74) is 20.7. The normalized spacial score (nSPS) is 15.6. The number of hydrogen-bond donors (Lipinski definition) is 0. The van der Waals surface area contributed by atoms with Gasteiger partial charge in [-0.2, -0.15) is 8.75 Å². The maximum Gasteiger partial charge on any atom is 0.113 e. The molecule has 6 aromatic rings. The van der Waals surface area contributed by atoms with E-state index in [2.05, 4.69) is 140 Å². The summed E-state index contributed by atoms with van der Waals surface area (Å²) >= 11 is 1.32. The Labute approximate surface area is 303 Å². The van der Waals surface area contributed by atoms with Gasteiger partial charge in [-0.25, -0.2) is 0 Å². The summed E-state index contributed by atoms with van der Waals surface area (Å²) in [6.45, 7) is 18.8. The van der Waals surface area contributed by atoms with Crippen molar-refractivity contribution >= 4 is 22.8 Å². The van der Waals surface area contributed by atoms with Gasteiger partial charge in [-0.05, 0) is 116 Å². The van der Waals surface area contributed by atoms with Crippen molar-refractivity contribution in [2.75, 3.05) is 0 Å². The highest BCUT2D eigenvalue weighted by Crippen LogP contribution is 2.52. The van der Waals surface area contributed by atoms with E-state index in [1.54, 1.807) is 0 Å².